The molecular formula is C29H26F3N9O. The van der Waals surface area contributed by atoms with Gasteiger partial charge >= 0.3 is 6.18 Å². The fourth-order valence-electron chi connectivity index (χ4n) is 6.20. The highest BCUT2D eigenvalue weighted by molar-refractivity contribution is 5.87. The normalized spacial score (nSPS) is 19.6. The smallest absolute Gasteiger partial charge is 0.435 e. The molecule has 13 heteroatoms. The SMILES string of the molecule is COc1ncnc(C2CC2)c1-c1nc(N2Cc3ccc(-n4nc(C(F)(F)F)cc4C)cc3C3CC32)c2[nH]c(C)nc2n1. The second-order valence-electron chi connectivity index (χ2n) is 11.3. The molecule has 214 valence electrons. The number of aromatic nitrogens is 8. The number of aromatic amines is 1. The Balaban J connectivity index is 1.21. The lowest BCUT2D eigenvalue weighted by Gasteiger charge is -2.30. The highest BCUT2D eigenvalue weighted by Crippen LogP contribution is 2.53. The van der Waals surface area contributed by atoms with E-state index < -0.39 is 11.9 Å². The largest absolute Gasteiger partial charge is 0.480 e. The van der Waals surface area contributed by atoms with Crippen molar-refractivity contribution in [1.29, 1.82) is 0 Å². The van der Waals surface area contributed by atoms with Crippen LogP contribution in [0.25, 0.3) is 28.2 Å². The molecule has 42 heavy (non-hydrogen) atoms. The number of hydrogen-bond donors (Lipinski definition) is 1. The number of methoxy groups -OCH3 is 1. The summed E-state index contributed by atoms with van der Waals surface area (Å²) < 4.78 is 46.9. The van der Waals surface area contributed by atoms with E-state index in [1.807, 2.05) is 25.1 Å². The second kappa shape index (κ2) is 8.73. The zero-order chi connectivity index (χ0) is 28.9. The number of alkyl halides is 3. The summed E-state index contributed by atoms with van der Waals surface area (Å²) in [7, 11) is 1.58. The number of fused-ring (bicyclic) bond motifs is 4. The molecule has 2 aliphatic carbocycles. The maximum atomic E-state index is 13.3. The fourth-order valence-corrected chi connectivity index (χ4v) is 6.20. The van der Waals surface area contributed by atoms with Crippen molar-refractivity contribution in [2.24, 2.45) is 0 Å². The summed E-state index contributed by atoms with van der Waals surface area (Å²) in [5, 5.41) is 3.85. The average Bonchev–Trinajstić information content (AvgIpc) is 3.88. The number of benzene rings is 1. The number of imidazole rings is 1. The third-order valence-electron chi connectivity index (χ3n) is 8.39. The summed E-state index contributed by atoms with van der Waals surface area (Å²) in [6.07, 6.45) is 0.0329. The number of nitrogens with one attached hydrogen (secondary N) is 1. The summed E-state index contributed by atoms with van der Waals surface area (Å²) in [5.41, 5.74) is 5.32. The average molecular weight is 574 g/mol. The van der Waals surface area contributed by atoms with Gasteiger partial charge in [0.15, 0.2) is 23.0 Å². The van der Waals surface area contributed by atoms with Gasteiger partial charge in [-0.25, -0.2) is 29.6 Å². The molecule has 1 N–H and O–H groups in total. The molecule has 0 amide bonds. The summed E-state index contributed by atoms with van der Waals surface area (Å²) in [4.78, 5) is 29.1. The van der Waals surface area contributed by atoms with E-state index in [0.29, 0.717) is 46.8 Å². The highest BCUT2D eigenvalue weighted by Gasteiger charge is 2.49. The van der Waals surface area contributed by atoms with Crippen molar-refractivity contribution >= 4 is 17.0 Å². The molecule has 5 aromatic rings. The van der Waals surface area contributed by atoms with Crippen molar-refractivity contribution in [3.05, 3.63) is 64.6 Å². The first kappa shape index (κ1) is 25.2. The van der Waals surface area contributed by atoms with Crippen LogP contribution in [0.5, 0.6) is 5.88 Å². The van der Waals surface area contributed by atoms with E-state index in [4.69, 9.17) is 14.7 Å². The van der Waals surface area contributed by atoms with Crippen LogP contribution in [0.4, 0.5) is 19.0 Å². The van der Waals surface area contributed by atoms with Crippen LogP contribution in [0, 0.1) is 13.8 Å². The van der Waals surface area contributed by atoms with Crippen molar-refractivity contribution in [1.82, 2.24) is 39.7 Å². The van der Waals surface area contributed by atoms with E-state index in [1.54, 1.807) is 14.0 Å². The van der Waals surface area contributed by atoms with E-state index in [0.717, 1.165) is 59.3 Å². The minimum atomic E-state index is -4.49. The first-order valence-electron chi connectivity index (χ1n) is 13.9. The lowest BCUT2D eigenvalue weighted by molar-refractivity contribution is -0.141. The van der Waals surface area contributed by atoms with Gasteiger partial charge in [-0.1, -0.05) is 6.07 Å². The van der Waals surface area contributed by atoms with Crippen LogP contribution in [-0.4, -0.2) is 52.8 Å². The number of nitrogens with zero attached hydrogens (tertiary/aromatic N) is 8. The van der Waals surface area contributed by atoms with E-state index in [2.05, 4.69) is 29.9 Å². The van der Waals surface area contributed by atoms with Gasteiger partial charge in [0, 0.05) is 30.1 Å². The summed E-state index contributed by atoms with van der Waals surface area (Å²) >= 11 is 0. The van der Waals surface area contributed by atoms with Gasteiger partial charge in [-0.15, -0.1) is 0 Å². The number of aryl methyl sites for hydroxylation is 2. The molecule has 0 spiro atoms. The molecule has 0 radical (unpaired) electrons. The van der Waals surface area contributed by atoms with Gasteiger partial charge in [0.2, 0.25) is 5.88 Å². The molecule has 4 aromatic heterocycles. The maximum absolute atomic E-state index is 13.3. The Kier molecular flexibility index (Phi) is 5.23. The maximum Gasteiger partial charge on any atom is 0.435 e. The molecule has 0 saturated heterocycles. The van der Waals surface area contributed by atoms with Crippen molar-refractivity contribution in [3.63, 3.8) is 0 Å². The van der Waals surface area contributed by atoms with Crippen LogP contribution >= 0.6 is 0 Å². The number of ether oxygens (including phenoxy) is 1. The predicted octanol–water partition coefficient (Wildman–Crippen LogP) is 5.39. The van der Waals surface area contributed by atoms with E-state index in [-0.39, 0.29) is 12.0 Å². The zero-order valence-corrected chi connectivity index (χ0v) is 23.1. The summed E-state index contributed by atoms with van der Waals surface area (Å²) in [6.45, 7) is 4.11. The minimum Gasteiger partial charge on any atom is -0.480 e. The topological polar surface area (TPSA) is 111 Å². The van der Waals surface area contributed by atoms with Crippen LogP contribution < -0.4 is 9.64 Å². The monoisotopic (exact) mass is 573 g/mol. The van der Waals surface area contributed by atoms with Crippen LogP contribution in [0.15, 0.2) is 30.6 Å². The molecule has 3 aliphatic rings. The van der Waals surface area contributed by atoms with Crippen molar-refractivity contribution in [2.45, 2.75) is 63.7 Å². The molecule has 2 unspecified atom stereocenters. The van der Waals surface area contributed by atoms with Gasteiger partial charge in [-0.05, 0) is 62.4 Å². The molecule has 1 aliphatic heterocycles. The summed E-state index contributed by atoms with van der Waals surface area (Å²) in [5.74, 6) is 2.96. The molecule has 2 atom stereocenters. The number of H-pyrrole nitrogens is 1. The Morgan fingerprint density at radius 1 is 1.05 bits per heavy atom. The van der Waals surface area contributed by atoms with Gasteiger partial charge in [0.25, 0.3) is 0 Å². The first-order chi connectivity index (χ1) is 20.2. The first-order valence-corrected chi connectivity index (χ1v) is 13.9. The van der Waals surface area contributed by atoms with Gasteiger partial charge in [-0.3, -0.25) is 0 Å². The Morgan fingerprint density at radius 2 is 1.88 bits per heavy atom. The third-order valence-corrected chi connectivity index (χ3v) is 8.39. The van der Waals surface area contributed by atoms with Gasteiger partial charge in [0.05, 0.1) is 18.5 Å². The number of rotatable bonds is 5. The molecular weight excluding hydrogens is 547 g/mol. The zero-order valence-electron chi connectivity index (χ0n) is 23.1. The third kappa shape index (κ3) is 3.93. The molecule has 8 rings (SSSR count). The molecule has 10 nitrogen and oxygen atoms in total. The van der Waals surface area contributed by atoms with E-state index in [1.165, 1.54) is 11.0 Å². The minimum absolute atomic E-state index is 0.184. The second-order valence-corrected chi connectivity index (χ2v) is 11.3. The molecule has 2 fully saturated rings. The quantitative estimate of drug-likeness (QED) is 0.298. The molecule has 0 bridgehead atoms. The van der Waals surface area contributed by atoms with Gasteiger partial charge in [0.1, 0.15) is 23.2 Å². The van der Waals surface area contributed by atoms with Crippen LogP contribution in [0.1, 0.15) is 65.1 Å². The van der Waals surface area contributed by atoms with Crippen LogP contribution in [-0.2, 0) is 12.7 Å². The number of hydrogen-bond acceptors (Lipinski definition) is 8. The van der Waals surface area contributed by atoms with E-state index in [9.17, 15) is 13.2 Å². The highest BCUT2D eigenvalue weighted by atomic mass is 19.4. The standard InChI is InChI=1S/C29H26F3N9O/c1-13-8-21(29(30,31)32)39-41(13)17-7-6-16-11-40(20-10-19(20)18(16)9-17)27-24-26(36-14(2)35-24)37-25(38-27)22-23(15-4-5-15)33-12-34-28(22)42-3/h6-9,12,15,19-20H,4-5,10-11H2,1-3H3,(H,35,36,37,38). The number of halogens is 3. The van der Waals surface area contributed by atoms with Gasteiger partial charge in [-0.2, -0.15) is 18.3 Å². The Morgan fingerprint density at radius 3 is 2.62 bits per heavy atom. The van der Waals surface area contributed by atoms with Crippen molar-refractivity contribution in [3.8, 4) is 23.0 Å². The molecule has 1 aromatic carbocycles. The number of anilines is 1. The Hall–Kier alpha value is -4.55. The fraction of sp³-hybridized carbons (Fsp3) is 0.379. The van der Waals surface area contributed by atoms with Crippen LogP contribution in [0.2, 0.25) is 0 Å². The lowest BCUT2D eigenvalue weighted by Crippen LogP contribution is -2.31. The molecule has 5 heterocycles. The lowest BCUT2D eigenvalue weighted by atomic mass is 9.98. The molecule has 2 saturated carbocycles. The Bertz CT molecular complexity index is 1890. The summed E-state index contributed by atoms with van der Waals surface area (Å²) in [6, 6.07) is 7.05. The van der Waals surface area contributed by atoms with Gasteiger partial charge < -0.3 is 14.6 Å². The van der Waals surface area contributed by atoms with E-state index >= 15 is 0 Å². The van der Waals surface area contributed by atoms with Crippen LogP contribution in [0.3, 0.4) is 0 Å². The Labute approximate surface area is 238 Å². The van der Waals surface area contributed by atoms with Crippen molar-refractivity contribution < 1.29 is 17.9 Å². The predicted molar refractivity (Wildman–Crippen MR) is 147 cm³/mol. The van der Waals surface area contributed by atoms with Crippen molar-refractivity contribution in [2.75, 3.05) is 12.0 Å².